The van der Waals surface area contributed by atoms with E-state index in [2.05, 4.69) is 10.5 Å². The van der Waals surface area contributed by atoms with Crippen molar-refractivity contribution in [2.24, 2.45) is 5.16 Å². The van der Waals surface area contributed by atoms with Crippen molar-refractivity contribution >= 4 is 17.6 Å². The third-order valence-electron chi connectivity index (χ3n) is 1.89. The van der Waals surface area contributed by atoms with Gasteiger partial charge in [-0.3, -0.25) is 10.1 Å². The van der Waals surface area contributed by atoms with Crippen LogP contribution in [0.2, 0.25) is 0 Å². The van der Waals surface area contributed by atoms with Crippen LogP contribution in [0.1, 0.15) is 12.5 Å². The van der Waals surface area contributed by atoms with Crippen LogP contribution in [-0.2, 0) is 4.84 Å². The van der Waals surface area contributed by atoms with Crippen LogP contribution >= 0.6 is 0 Å². The molecule has 0 unspecified atom stereocenters. The molecule has 6 heteroatoms. The Bertz CT molecular complexity index is 404. The van der Waals surface area contributed by atoms with Gasteiger partial charge in [0.15, 0.2) is 0 Å². The Balaban J connectivity index is 2.98. The molecule has 0 fully saturated rings. The van der Waals surface area contributed by atoms with Crippen molar-refractivity contribution < 1.29 is 9.76 Å². The Hall–Kier alpha value is -2.11. The van der Waals surface area contributed by atoms with Crippen LogP contribution < -0.4 is 5.32 Å². The standard InChI is InChI=1S/C10H13N3O3/c1-3-16-12-7-8-4-5-9(11-2)10(6-8)13(14)15/h4-7,11H,3H2,1-2H3. The molecule has 0 spiro atoms. The average Bonchev–Trinajstić information content (AvgIpc) is 2.29. The van der Waals surface area contributed by atoms with Crippen molar-refractivity contribution in [2.75, 3.05) is 19.0 Å². The Labute approximate surface area is 93.1 Å². The molecule has 0 heterocycles. The van der Waals surface area contributed by atoms with E-state index >= 15 is 0 Å². The third-order valence-corrected chi connectivity index (χ3v) is 1.89. The molecule has 0 atom stereocenters. The van der Waals surface area contributed by atoms with Crippen molar-refractivity contribution in [1.82, 2.24) is 0 Å². The Kier molecular flexibility index (Phi) is 4.26. The maximum Gasteiger partial charge on any atom is 0.292 e. The number of benzene rings is 1. The molecule has 0 saturated heterocycles. The minimum absolute atomic E-state index is 0.0166. The number of oxime groups is 1. The van der Waals surface area contributed by atoms with Gasteiger partial charge in [0.05, 0.1) is 11.1 Å². The highest BCUT2D eigenvalue weighted by Crippen LogP contribution is 2.24. The lowest BCUT2D eigenvalue weighted by Crippen LogP contribution is -1.97. The van der Waals surface area contributed by atoms with Crippen LogP contribution in [0.4, 0.5) is 11.4 Å². The highest BCUT2D eigenvalue weighted by Gasteiger charge is 2.12. The summed E-state index contributed by atoms with van der Waals surface area (Å²) in [6.07, 6.45) is 1.44. The van der Waals surface area contributed by atoms with Gasteiger partial charge in [0.1, 0.15) is 12.3 Å². The van der Waals surface area contributed by atoms with Gasteiger partial charge >= 0.3 is 0 Å². The minimum atomic E-state index is -0.441. The van der Waals surface area contributed by atoms with Crippen LogP contribution in [0.5, 0.6) is 0 Å². The fraction of sp³-hybridized carbons (Fsp3) is 0.300. The summed E-state index contributed by atoms with van der Waals surface area (Å²) in [5, 5.41) is 17.2. The Morgan fingerprint density at radius 1 is 1.62 bits per heavy atom. The van der Waals surface area contributed by atoms with E-state index in [1.54, 1.807) is 19.2 Å². The smallest absolute Gasteiger partial charge is 0.292 e. The zero-order chi connectivity index (χ0) is 12.0. The lowest BCUT2D eigenvalue weighted by Gasteiger charge is -2.02. The van der Waals surface area contributed by atoms with Crippen molar-refractivity contribution in [2.45, 2.75) is 6.92 Å². The SMILES string of the molecule is CCON=Cc1ccc(NC)c([N+](=O)[O-])c1. The minimum Gasteiger partial charge on any atom is -0.396 e. The molecule has 0 aromatic heterocycles. The molecule has 1 aromatic carbocycles. The van der Waals surface area contributed by atoms with Crippen molar-refractivity contribution in [3.63, 3.8) is 0 Å². The topological polar surface area (TPSA) is 76.8 Å². The molecular weight excluding hydrogens is 210 g/mol. The second-order valence-electron chi connectivity index (χ2n) is 2.94. The van der Waals surface area contributed by atoms with Crippen LogP contribution in [-0.4, -0.2) is 24.8 Å². The predicted molar refractivity (Wildman–Crippen MR) is 61.9 cm³/mol. The van der Waals surface area contributed by atoms with E-state index in [9.17, 15) is 10.1 Å². The first kappa shape index (κ1) is 12.0. The van der Waals surface area contributed by atoms with Crippen molar-refractivity contribution in [3.8, 4) is 0 Å². The van der Waals surface area contributed by atoms with Gasteiger partial charge < -0.3 is 10.2 Å². The van der Waals surface area contributed by atoms with Gasteiger partial charge in [-0.1, -0.05) is 11.2 Å². The molecule has 6 nitrogen and oxygen atoms in total. The molecule has 86 valence electrons. The zero-order valence-corrected chi connectivity index (χ0v) is 9.14. The van der Waals surface area contributed by atoms with Gasteiger partial charge in [0.25, 0.3) is 5.69 Å². The van der Waals surface area contributed by atoms with Crippen LogP contribution in [0.3, 0.4) is 0 Å². The second-order valence-corrected chi connectivity index (χ2v) is 2.94. The number of nitrogens with one attached hydrogen (secondary N) is 1. The molecule has 0 radical (unpaired) electrons. The number of nitro benzene ring substituents is 1. The van der Waals surface area contributed by atoms with E-state index in [1.807, 2.05) is 6.92 Å². The van der Waals surface area contributed by atoms with Crippen LogP contribution in [0.15, 0.2) is 23.4 Å². The molecular formula is C10H13N3O3. The van der Waals surface area contributed by atoms with E-state index < -0.39 is 4.92 Å². The van der Waals surface area contributed by atoms with Crippen LogP contribution in [0, 0.1) is 10.1 Å². The average molecular weight is 223 g/mol. The monoisotopic (exact) mass is 223 g/mol. The van der Waals surface area contributed by atoms with Gasteiger partial charge in [-0.2, -0.15) is 0 Å². The second kappa shape index (κ2) is 5.69. The highest BCUT2D eigenvalue weighted by atomic mass is 16.6. The summed E-state index contributed by atoms with van der Waals surface area (Å²) in [6.45, 7) is 2.27. The zero-order valence-electron chi connectivity index (χ0n) is 9.14. The number of hydrogen-bond donors (Lipinski definition) is 1. The predicted octanol–water partition coefficient (Wildman–Crippen LogP) is 2.01. The first-order valence-corrected chi connectivity index (χ1v) is 4.80. The summed E-state index contributed by atoms with van der Waals surface area (Å²) in [5.41, 5.74) is 1.11. The van der Waals surface area contributed by atoms with Crippen molar-refractivity contribution in [3.05, 3.63) is 33.9 Å². The van der Waals surface area contributed by atoms with E-state index in [1.165, 1.54) is 12.3 Å². The molecule has 0 saturated carbocycles. The number of nitrogens with zero attached hydrogens (tertiary/aromatic N) is 2. The summed E-state index contributed by atoms with van der Waals surface area (Å²) < 4.78 is 0. The fourth-order valence-electron chi connectivity index (χ4n) is 1.16. The Morgan fingerprint density at radius 2 is 2.38 bits per heavy atom. The number of anilines is 1. The highest BCUT2D eigenvalue weighted by molar-refractivity contribution is 5.82. The summed E-state index contributed by atoms with van der Waals surface area (Å²) in [5.74, 6) is 0. The van der Waals surface area contributed by atoms with Gasteiger partial charge in [0.2, 0.25) is 0 Å². The largest absolute Gasteiger partial charge is 0.396 e. The summed E-state index contributed by atoms with van der Waals surface area (Å²) in [6, 6.07) is 4.79. The molecule has 0 aliphatic heterocycles. The molecule has 1 N–H and O–H groups in total. The summed E-state index contributed by atoms with van der Waals surface area (Å²) in [4.78, 5) is 15.1. The molecule has 0 aliphatic carbocycles. The van der Waals surface area contributed by atoms with Gasteiger partial charge in [0, 0.05) is 18.7 Å². The quantitative estimate of drug-likeness (QED) is 0.470. The van der Waals surface area contributed by atoms with E-state index in [4.69, 9.17) is 4.84 Å². The molecule has 1 aromatic rings. The normalized spacial score (nSPS) is 10.4. The van der Waals surface area contributed by atoms with Gasteiger partial charge in [-0.05, 0) is 13.0 Å². The van der Waals surface area contributed by atoms with Crippen molar-refractivity contribution in [1.29, 1.82) is 0 Å². The van der Waals surface area contributed by atoms with Crippen LogP contribution in [0.25, 0.3) is 0 Å². The first-order valence-electron chi connectivity index (χ1n) is 4.80. The summed E-state index contributed by atoms with van der Waals surface area (Å²) in [7, 11) is 1.64. The molecule has 0 bridgehead atoms. The third kappa shape index (κ3) is 2.94. The Morgan fingerprint density at radius 3 is 2.94 bits per heavy atom. The fourth-order valence-corrected chi connectivity index (χ4v) is 1.16. The lowest BCUT2D eigenvalue weighted by molar-refractivity contribution is -0.383. The number of hydrogen-bond acceptors (Lipinski definition) is 5. The molecule has 0 amide bonds. The molecule has 1 rings (SSSR count). The van der Waals surface area contributed by atoms with Gasteiger partial charge in [-0.25, -0.2) is 0 Å². The maximum absolute atomic E-state index is 10.8. The maximum atomic E-state index is 10.8. The van der Waals surface area contributed by atoms with E-state index in [0.717, 1.165) is 0 Å². The first-order chi connectivity index (χ1) is 7.69. The van der Waals surface area contributed by atoms with E-state index in [-0.39, 0.29) is 5.69 Å². The van der Waals surface area contributed by atoms with Gasteiger partial charge in [-0.15, -0.1) is 0 Å². The van der Waals surface area contributed by atoms with E-state index in [0.29, 0.717) is 17.9 Å². The molecule has 0 aliphatic rings. The number of nitro groups is 1. The summed E-state index contributed by atoms with van der Waals surface area (Å²) >= 11 is 0. The lowest BCUT2D eigenvalue weighted by atomic mass is 10.2. The number of rotatable bonds is 5. The molecule has 16 heavy (non-hydrogen) atoms.